The molecule has 8 heteroatoms. The predicted octanol–water partition coefficient (Wildman–Crippen LogP) is 0.691. The molecule has 0 spiro atoms. The van der Waals surface area contributed by atoms with E-state index in [0.29, 0.717) is 19.6 Å². The van der Waals surface area contributed by atoms with Gasteiger partial charge in [0.05, 0.1) is 23.7 Å². The third-order valence-corrected chi connectivity index (χ3v) is 1.89. The number of pyridine rings is 1. The van der Waals surface area contributed by atoms with Crippen LogP contribution in [0.4, 0.5) is 11.5 Å². The molecule has 1 aromatic heterocycles. The summed E-state index contributed by atoms with van der Waals surface area (Å²) < 4.78 is 10.1. The Morgan fingerprint density at radius 2 is 2.29 bits per heavy atom. The van der Waals surface area contributed by atoms with Crippen LogP contribution in [-0.4, -0.2) is 30.2 Å². The van der Waals surface area contributed by atoms with E-state index >= 15 is 0 Å². The van der Waals surface area contributed by atoms with E-state index in [4.69, 9.17) is 15.3 Å². The summed E-state index contributed by atoms with van der Waals surface area (Å²) in [6.07, 6.45) is 0.673. The first kappa shape index (κ1) is 13.1. The fourth-order valence-electron chi connectivity index (χ4n) is 1.12. The zero-order valence-corrected chi connectivity index (χ0v) is 9.38. The van der Waals surface area contributed by atoms with Gasteiger partial charge in [-0.25, -0.2) is 5.84 Å². The van der Waals surface area contributed by atoms with Crippen molar-refractivity contribution in [2.75, 3.05) is 25.7 Å². The molecule has 0 fully saturated rings. The third kappa shape index (κ3) is 4.21. The van der Waals surface area contributed by atoms with Crippen molar-refractivity contribution in [3.8, 4) is 5.88 Å². The zero-order chi connectivity index (χ0) is 12.7. The first-order valence-electron chi connectivity index (χ1n) is 4.92. The van der Waals surface area contributed by atoms with Gasteiger partial charge in [-0.3, -0.25) is 10.1 Å². The molecule has 0 atom stereocenters. The lowest BCUT2D eigenvalue weighted by atomic mass is 10.4. The summed E-state index contributed by atoms with van der Waals surface area (Å²) in [4.78, 5) is 14.0. The van der Waals surface area contributed by atoms with E-state index in [0.717, 1.165) is 0 Å². The number of nitrogens with zero attached hydrogens (tertiary/aromatic N) is 2. The number of nitro groups is 1. The lowest BCUT2D eigenvalue weighted by Crippen LogP contribution is -2.10. The molecule has 0 saturated heterocycles. The summed E-state index contributed by atoms with van der Waals surface area (Å²) in [5, 5.41) is 10.6. The van der Waals surface area contributed by atoms with E-state index in [2.05, 4.69) is 10.4 Å². The monoisotopic (exact) mass is 242 g/mol. The number of nitrogen functional groups attached to an aromatic ring is 1. The minimum Gasteiger partial charge on any atom is -0.477 e. The van der Waals surface area contributed by atoms with Gasteiger partial charge in [0.25, 0.3) is 5.69 Å². The number of ether oxygens (including phenoxy) is 2. The van der Waals surface area contributed by atoms with Crippen LogP contribution in [0.3, 0.4) is 0 Å². The van der Waals surface area contributed by atoms with E-state index in [-0.39, 0.29) is 17.4 Å². The highest BCUT2D eigenvalue weighted by molar-refractivity contribution is 5.47. The molecule has 3 N–H and O–H groups in total. The summed E-state index contributed by atoms with van der Waals surface area (Å²) in [6.45, 7) is 0.920. The summed E-state index contributed by atoms with van der Waals surface area (Å²) in [7, 11) is 1.59. The van der Waals surface area contributed by atoms with Gasteiger partial charge in [-0.15, -0.1) is 0 Å². The van der Waals surface area contributed by atoms with Crippen molar-refractivity contribution in [3.05, 3.63) is 22.2 Å². The summed E-state index contributed by atoms with van der Waals surface area (Å²) in [5.74, 6) is 5.49. The Morgan fingerprint density at radius 1 is 1.53 bits per heavy atom. The van der Waals surface area contributed by atoms with Crippen LogP contribution < -0.4 is 16.0 Å². The van der Waals surface area contributed by atoms with E-state index in [1.165, 1.54) is 12.1 Å². The molecule has 0 amide bonds. The number of hydrogen-bond donors (Lipinski definition) is 2. The maximum Gasteiger partial charge on any atom is 0.278 e. The molecule has 94 valence electrons. The lowest BCUT2D eigenvalue weighted by Gasteiger charge is -2.06. The molecule has 0 aliphatic rings. The zero-order valence-electron chi connectivity index (χ0n) is 9.38. The van der Waals surface area contributed by atoms with Gasteiger partial charge in [-0.05, 0) is 0 Å². The SMILES string of the molecule is COCCCOc1cc([N+](=O)[O-])cc(NN)n1. The fraction of sp³-hybridized carbons (Fsp3) is 0.444. The van der Waals surface area contributed by atoms with Gasteiger partial charge in [0.15, 0.2) is 5.82 Å². The summed E-state index contributed by atoms with van der Waals surface area (Å²) in [5.41, 5.74) is 2.11. The van der Waals surface area contributed by atoms with Crippen LogP contribution in [-0.2, 0) is 4.74 Å². The van der Waals surface area contributed by atoms with Gasteiger partial charge in [-0.2, -0.15) is 4.98 Å². The minimum absolute atomic E-state index is 0.130. The van der Waals surface area contributed by atoms with Gasteiger partial charge >= 0.3 is 0 Å². The van der Waals surface area contributed by atoms with Crippen molar-refractivity contribution >= 4 is 11.5 Å². The van der Waals surface area contributed by atoms with E-state index in [9.17, 15) is 10.1 Å². The summed E-state index contributed by atoms with van der Waals surface area (Å²) >= 11 is 0. The Labute approximate surface area is 97.9 Å². The van der Waals surface area contributed by atoms with Crippen molar-refractivity contribution in [1.82, 2.24) is 4.98 Å². The average Bonchev–Trinajstić information content (AvgIpc) is 2.34. The highest BCUT2D eigenvalue weighted by Gasteiger charge is 2.11. The van der Waals surface area contributed by atoms with Crippen molar-refractivity contribution < 1.29 is 14.4 Å². The number of hydrazine groups is 1. The molecule has 1 heterocycles. The second kappa shape index (κ2) is 6.61. The Bertz CT molecular complexity index is 385. The fourth-order valence-corrected chi connectivity index (χ4v) is 1.12. The minimum atomic E-state index is -0.537. The van der Waals surface area contributed by atoms with E-state index in [1.807, 2.05) is 0 Å². The van der Waals surface area contributed by atoms with Crippen LogP contribution in [0.25, 0.3) is 0 Å². The van der Waals surface area contributed by atoms with Crippen molar-refractivity contribution in [3.63, 3.8) is 0 Å². The summed E-state index contributed by atoms with van der Waals surface area (Å²) in [6, 6.07) is 2.47. The van der Waals surface area contributed by atoms with E-state index in [1.54, 1.807) is 7.11 Å². The average molecular weight is 242 g/mol. The lowest BCUT2D eigenvalue weighted by molar-refractivity contribution is -0.384. The number of rotatable bonds is 7. The molecule has 17 heavy (non-hydrogen) atoms. The molecule has 1 rings (SSSR count). The first-order chi connectivity index (χ1) is 8.17. The van der Waals surface area contributed by atoms with Crippen LogP contribution in [0.5, 0.6) is 5.88 Å². The highest BCUT2D eigenvalue weighted by Crippen LogP contribution is 2.21. The second-order valence-electron chi connectivity index (χ2n) is 3.15. The number of methoxy groups -OCH3 is 1. The standard InChI is InChI=1S/C9H14N4O4/c1-16-3-2-4-17-9-6-7(13(14)15)5-8(11-9)12-10/h5-6H,2-4,10H2,1H3,(H,11,12). The topological polar surface area (TPSA) is 113 Å². The maximum absolute atomic E-state index is 10.6. The number of nitrogens with one attached hydrogen (secondary N) is 1. The molecule has 1 aromatic rings. The normalized spacial score (nSPS) is 10.0. The van der Waals surface area contributed by atoms with Crippen LogP contribution in [0.2, 0.25) is 0 Å². The van der Waals surface area contributed by atoms with Crippen molar-refractivity contribution in [1.29, 1.82) is 0 Å². The molecule has 0 saturated carbocycles. The molecule has 0 aliphatic heterocycles. The Kier molecular flexibility index (Phi) is 5.11. The Morgan fingerprint density at radius 3 is 2.88 bits per heavy atom. The van der Waals surface area contributed by atoms with Gasteiger partial charge in [-0.1, -0.05) is 0 Å². The number of anilines is 1. The van der Waals surface area contributed by atoms with Crippen LogP contribution in [0.15, 0.2) is 12.1 Å². The van der Waals surface area contributed by atoms with Gasteiger partial charge in [0.1, 0.15) is 0 Å². The van der Waals surface area contributed by atoms with Gasteiger partial charge < -0.3 is 14.9 Å². The van der Waals surface area contributed by atoms with Crippen LogP contribution in [0, 0.1) is 10.1 Å². The Balaban J connectivity index is 2.70. The number of aromatic nitrogens is 1. The molecule has 8 nitrogen and oxygen atoms in total. The quantitative estimate of drug-likeness (QED) is 0.313. The second-order valence-corrected chi connectivity index (χ2v) is 3.15. The van der Waals surface area contributed by atoms with Crippen LogP contribution in [0.1, 0.15) is 6.42 Å². The number of nitrogens with two attached hydrogens (primary N) is 1. The van der Waals surface area contributed by atoms with Crippen LogP contribution >= 0.6 is 0 Å². The Hall–Kier alpha value is -1.93. The highest BCUT2D eigenvalue weighted by atomic mass is 16.6. The molecule has 0 unspecified atom stereocenters. The molecule has 0 aliphatic carbocycles. The third-order valence-electron chi connectivity index (χ3n) is 1.89. The van der Waals surface area contributed by atoms with Crippen molar-refractivity contribution in [2.45, 2.75) is 6.42 Å². The predicted molar refractivity (Wildman–Crippen MR) is 60.7 cm³/mol. The molecule has 0 bridgehead atoms. The van der Waals surface area contributed by atoms with E-state index < -0.39 is 4.92 Å². The molecule has 0 radical (unpaired) electrons. The van der Waals surface area contributed by atoms with Gasteiger partial charge in [0.2, 0.25) is 5.88 Å². The maximum atomic E-state index is 10.6. The van der Waals surface area contributed by atoms with Gasteiger partial charge in [0, 0.05) is 20.1 Å². The molecular formula is C9H14N4O4. The molecular weight excluding hydrogens is 228 g/mol. The largest absolute Gasteiger partial charge is 0.477 e. The first-order valence-corrected chi connectivity index (χ1v) is 4.92. The van der Waals surface area contributed by atoms with Crippen molar-refractivity contribution in [2.24, 2.45) is 5.84 Å². The number of hydrogen-bond acceptors (Lipinski definition) is 7. The smallest absolute Gasteiger partial charge is 0.278 e. The molecule has 0 aromatic carbocycles.